The molecule has 0 amide bonds. The normalized spacial score (nSPS) is 14.6. The third-order valence-corrected chi connectivity index (χ3v) is 4.71. The summed E-state index contributed by atoms with van der Waals surface area (Å²) in [4.78, 5) is 31.1. The molecule has 5 nitrogen and oxygen atoms in total. The van der Waals surface area contributed by atoms with Crippen molar-refractivity contribution in [3.63, 3.8) is 0 Å². The van der Waals surface area contributed by atoms with Gasteiger partial charge in [-0.3, -0.25) is 9.59 Å². The van der Waals surface area contributed by atoms with Crippen LogP contribution in [0.15, 0.2) is 28.6 Å². The molecule has 4 rings (SSSR count). The second kappa shape index (κ2) is 4.66. The second-order valence-electron chi connectivity index (χ2n) is 5.29. The smallest absolute Gasteiger partial charge is 0.268 e. The van der Waals surface area contributed by atoms with Gasteiger partial charge in [-0.05, 0) is 29.9 Å². The maximum absolute atomic E-state index is 11.9. The maximum atomic E-state index is 11.9. The SMILES string of the molecule is O=C1CCCc2cn(Cc3nc4ccsc4c(=O)[nH]3)cc21. The van der Waals surface area contributed by atoms with E-state index >= 15 is 0 Å². The summed E-state index contributed by atoms with van der Waals surface area (Å²) in [6.07, 6.45) is 6.36. The second-order valence-corrected chi connectivity index (χ2v) is 6.21. The van der Waals surface area contributed by atoms with Crippen molar-refractivity contribution in [3.05, 3.63) is 51.1 Å². The van der Waals surface area contributed by atoms with Crippen LogP contribution >= 0.6 is 11.3 Å². The zero-order valence-electron chi connectivity index (χ0n) is 11.3. The van der Waals surface area contributed by atoms with Gasteiger partial charge in [0, 0.05) is 24.4 Å². The number of hydrogen-bond donors (Lipinski definition) is 1. The molecule has 3 aromatic rings. The first-order chi connectivity index (χ1) is 10.2. The number of nitrogens with one attached hydrogen (secondary N) is 1. The van der Waals surface area contributed by atoms with Crippen LogP contribution in [0.1, 0.15) is 34.6 Å². The van der Waals surface area contributed by atoms with E-state index in [0.29, 0.717) is 23.5 Å². The summed E-state index contributed by atoms with van der Waals surface area (Å²) in [6.45, 7) is 0.474. The summed E-state index contributed by atoms with van der Waals surface area (Å²) in [5.74, 6) is 0.829. The summed E-state index contributed by atoms with van der Waals surface area (Å²) >= 11 is 1.39. The summed E-state index contributed by atoms with van der Waals surface area (Å²) < 4.78 is 2.59. The summed E-state index contributed by atoms with van der Waals surface area (Å²) in [6, 6.07) is 1.85. The van der Waals surface area contributed by atoms with Crippen LogP contribution in [0, 0.1) is 0 Å². The van der Waals surface area contributed by atoms with Crippen molar-refractivity contribution in [3.8, 4) is 0 Å². The number of hydrogen-bond acceptors (Lipinski definition) is 4. The van der Waals surface area contributed by atoms with Gasteiger partial charge in [0.05, 0.1) is 12.1 Å². The molecule has 0 unspecified atom stereocenters. The number of carbonyl (C=O) groups excluding carboxylic acids is 1. The van der Waals surface area contributed by atoms with Gasteiger partial charge in [-0.2, -0.15) is 0 Å². The molecular formula is C15H13N3O2S. The van der Waals surface area contributed by atoms with Crippen molar-refractivity contribution in [2.45, 2.75) is 25.8 Å². The van der Waals surface area contributed by atoms with Gasteiger partial charge in [0.25, 0.3) is 5.56 Å². The molecular weight excluding hydrogens is 286 g/mol. The number of H-pyrrole nitrogens is 1. The Morgan fingerprint density at radius 2 is 2.19 bits per heavy atom. The third-order valence-electron chi connectivity index (χ3n) is 3.81. The van der Waals surface area contributed by atoms with Gasteiger partial charge in [-0.15, -0.1) is 11.3 Å². The Hall–Kier alpha value is -2.21. The van der Waals surface area contributed by atoms with Gasteiger partial charge in [0.1, 0.15) is 10.5 Å². The summed E-state index contributed by atoms with van der Waals surface area (Å²) in [7, 11) is 0. The Bertz CT molecular complexity index is 903. The zero-order valence-corrected chi connectivity index (χ0v) is 12.1. The lowest BCUT2D eigenvalue weighted by atomic mass is 9.95. The average Bonchev–Trinajstić information content (AvgIpc) is 3.06. The monoisotopic (exact) mass is 299 g/mol. The number of aromatic amines is 1. The molecule has 0 radical (unpaired) electrons. The number of aryl methyl sites for hydroxylation is 1. The van der Waals surface area contributed by atoms with E-state index in [-0.39, 0.29) is 11.3 Å². The number of fused-ring (bicyclic) bond motifs is 2. The van der Waals surface area contributed by atoms with Gasteiger partial charge in [-0.1, -0.05) is 0 Å². The molecule has 1 N–H and O–H groups in total. The fourth-order valence-electron chi connectivity index (χ4n) is 2.84. The van der Waals surface area contributed by atoms with E-state index in [1.807, 2.05) is 28.4 Å². The van der Waals surface area contributed by atoms with E-state index in [9.17, 15) is 9.59 Å². The number of thiophene rings is 1. The molecule has 0 spiro atoms. The van der Waals surface area contributed by atoms with Crippen molar-refractivity contribution < 1.29 is 4.79 Å². The quantitative estimate of drug-likeness (QED) is 0.790. The standard InChI is InChI=1S/C15H13N3O2S/c19-12-3-1-2-9-6-18(7-10(9)12)8-13-16-11-4-5-21-14(11)15(20)17-13/h4-7H,1-3,8H2,(H,16,17,20). The lowest BCUT2D eigenvalue weighted by molar-refractivity contribution is 0.0973. The molecule has 3 aromatic heterocycles. The van der Waals surface area contributed by atoms with E-state index < -0.39 is 0 Å². The lowest BCUT2D eigenvalue weighted by Crippen LogP contribution is -2.12. The van der Waals surface area contributed by atoms with E-state index in [4.69, 9.17) is 0 Å². The van der Waals surface area contributed by atoms with Crippen molar-refractivity contribution in [2.75, 3.05) is 0 Å². The predicted molar refractivity (Wildman–Crippen MR) is 81.0 cm³/mol. The van der Waals surface area contributed by atoms with Crippen LogP contribution in [-0.2, 0) is 13.0 Å². The molecule has 0 saturated carbocycles. The van der Waals surface area contributed by atoms with E-state index in [1.54, 1.807) is 0 Å². The Balaban J connectivity index is 1.71. The van der Waals surface area contributed by atoms with Gasteiger partial charge in [0.15, 0.2) is 5.78 Å². The van der Waals surface area contributed by atoms with Crippen LogP contribution in [0.2, 0.25) is 0 Å². The molecule has 106 valence electrons. The minimum absolute atomic E-state index is 0.0991. The molecule has 0 saturated heterocycles. The highest BCUT2D eigenvalue weighted by Gasteiger charge is 2.19. The van der Waals surface area contributed by atoms with E-state index in [2.05, 4.69) is 9.97 Å². The van der Waals surface area contributed by atoms with Gasteiger partial charge in [-0.25, -0.2) is 4.98 Å². The van der Waals surface area contributed by atoms with Gasteiger partial charge >= 0.3 is 0 Å². The molecule has 0 aliphatic heterocycles. The number of carbonyl (C=O) groups is 1. The van der Waals surface area contributed by atoms with Crippen LogP contribution in [0.5, 0.6) is 0 Å². The number of rotatable bonds is 2. The number of ketones is 1. The minimum atomic E-state index is -0.0991. The first-order valence-electron chi connectivity index (χ1n) is 6.89. The fraction of sp³-hybridized carbons (Fsp3) is 0.267. The first-order valence-corrected chi connectivity index (χ1v) is 7.77. The van der Waals surface area contributed by atoms with Gasteiger partial charge in [0.2, 0.25) is 0 Å². The number of aromatic nitrogens is 3. The molecule has 0 fully saturated rings. The Morgan fingerprint density at radius 3 is 3.05 bits per heavy atom. The van der Waals surface area contributed by atoms with Crippen LogP contribution in [-0.4, -0.2) is 20.3 Å². The van der Waals surface area contributed by atoms with Crippen molar-refractivity contribution in [1.29, 1.82) is 0 Å². The lowest BCUT2D eigenvalue weighted by Gasteiger charge is -2.07. The molecule has 1 aliphatic rings. The largest absolute Gasteiger partial charge is 0.346 e. The van der Waals surface area contributed by atoms with Crippen LogP contribution in [0.4, 0.5) is 0 Å². The molecule has 3 heterocycles. The topological polar surface area (TPSA) is 67.8 Å². The van der Waals surface area contributed by atoms with Crippen molar-refractivity contribution >= 4 is 27.3 Å². The van der Waals surface area contributed by atoms with E-state index in [1.165, 1.54) is 11.3 Å². The number of nitrogens with zero attached hydrogens (tertiary/aromatic N) is 2. The summed E-state index contributed by atoms with van der Waals surface area (Å²) in [5, 5.41) is 1.86. The fourth-order valence-corrected chi connectivity index (χ4v) is 3.57. The Kier molecular flexibility index (Phi) is 2.78. The highest BCUT2D eigenvalue weighted by Crippen LogP contribution is 2.22. The van der Waals surface area contributed by atoms with Crippen molar-refractivity contribution in [2.24, 2.45) is 0 Å². The zero-order chi connectivity index (χ0) is 14.4. The molecule has 21 heavy (non-hydrogen) atoms. The van der Waals surface area contributed by atoms with Gasteiger partial charge < -0.3 is 9.55 Å². The Morgan fingerprint density at radius 1 is 1.29 bits per heavy atom. The highest BCUT2D eigenvalue weighted by molar-refractivity contribution is 7.17. The third kappa shape index (κ3) is 2.12. The Labute approximate surface area is 124 Å². The maximum Gasteiger partial charge on any atom is 0.268 e. The van der Waals surface area contributed by atoms with Crippen LogP contribution in [0.25, 0.3) is 10.2 Å². The molecule has 0 atom stereocenters. The van der Waals surface area contributed by atoms with Crippen LogP contribution in [0.3, 0.4) is 0 Å². The molecule has 0 aromatic carbocycles. The predicted octanol–water partition coefficient (Wildman–Crippen LogP) is 2.35. The molecule has 6 heteroatoms. The summed E-state index contributed by atoms with van der Waals surface area (Å²) in [5.41, 5.74) is 2.55. The van der Waals surface area contributed by atoms with Crippen molar-refractivity contribution in [1.82, 2.24) is 14.5 Å². The molecule has 0 bridgehead atoms. The van der Waals surface area contributed by atoms with E-state index in [0.717, 1.165) is 29.5 Å². The minimum Gasteiger partial charge on any atom is -0.346 e. The number of Topliss-reactive ketones (excluding diaryl/α,β-unsaturated/α-hetero) is 1. The van der Waals surface area contributed by atoms with Crippen LogP contribution < -0.4 is 5.56 Å². The highest BCUT2D eigenvalue weighted by atomic mass is 32.1. The average molecular weight is 299 g/mol. The molecule has 1 aliphatic carbocycles. The first kappa shape index (κ1) is 12.5.